The van der Waals surface area contributed by atoms with E-state index < -0.39 is 5.91 Å². The number of nitrogens with one attached hydrogen (secondary N) is 3. The normalized spacial score (nSPS) is 17.4. The van der Waals surface area contributed by atoms with Crippen molar-refractivity contribution >= 4 is 44.7 Å². The third kappa shape index (κ3) is 4.56. The van der Waals surface area contributed by atoms with Crippen LogP contribution in [0.25, 0.3) is 27.4 Å². The highest BCUT2D eigenvalue weighted by atomic mass is 16.5. The standard InChI is InChI=1S/C29H28N6O3/c30-14-19-15-34-25-13-26(38-21-6-10-37-16-21)23(27(29(31)36)17-3-7-32-8-4-17)12-22(25)28(19)35-20-1-2-24-18(11-20)5-9-33-24/h1-2,5,9,11-13,15,21,32-33H,3-4,6-8,10,16H2,(H2,31,36)(H,34,35). The minimum absolute atomic E-state index is 0.123. The monoisotopic (exact) mass is 508 g/mol. The number of nitriles is 1. The van der Waals surface area contributed by atoms with Crippen LogP contribution in [-0.4, -0.2) is 48.3 Å². The first-order valence-corrected chi connectivity index (χ1v) is 12.8. The quantitative estimate of drug-likeness (QED) is 0.287. The second-order valence-electron chi connectivity index (χ2n) is 9.63. The summed E-state index contributed by atoms with van der Waals surface area (Å²) in [5, 5.41) is 18.5. The molecular formula is C29H28N6O3. The highest BCUT2D eigenvalue weighted by Gasteiger charge is 2.26. The van der Waals surface area contributed by atoms with Gasteiger partial charge in [-0.25, -0.2) is 0 Å². The van der Waals surface area contributed by atoms with Gasteiger partial charge in [0, 0.05) is 58.0 Å². The van der Waals surface area contributed by atoms with Crippen LogP contribution in [0.4, 0.5) is 11.4 Å². The Hall–Kier alpha value is -4.39. The summed E-state index contributed by atoms with van der Waals surface area (Å²) in [7, 11) is 0. The number of H-pyrrole nitrogens is 1. The van der Waals surface area contributed by atoms with Crippen LogP contribution < -0.4 is 21.1 Å². The molecule has 2 aliphatic rings. The summed E-state index contributed by atoms with van der Waals surface area (Å²) in [6, 6.07) is 13.9. The van der Waals surface area contributed by atoms with Gasteiger partial charge in [0.05, 0.1) is 30.0 Å². The van der Waals surface area contributed by atoms with Gasteiger partial charge in [-0.1, -0.05) is 5.57 Å². The van der Waals surface area contributed by atoms with Crippen molar-refractivity contribution in [3.05, 3.63) is 65.5 Å². The highest BCUT2D eigenvalue weighted by molar-refractivity contribution is 6.21. The summed E-state index contributed by atoms with van der Waals surface area (Å²) in [6.45, 7) is 2.67. The minimum atomic E-state index is -0.495. The van der Waals surface area contributed by atoms with Crippen molar-refractivity contribution in [3.8, 4) is 11.8 Å². The van der Waals surface area contributed by atoms with E-state index >= 15 is 0 Å². The molecular weight excluding hydrogens is 480 g/mol. The van der Waals surface area contributed by atoms with E-state index in [2.05, 4.69) is 26.7 Å². The molecule has 2 aliphatic heterocycles. The summed E-state index contributed by atoms with van der Waals surface area (Å²) in [6.07, 6.45) is 5.53. The Balaban J connectivity index is 1.54. The molecule has 1 atom stereocenters. The fourth-order valence-electron chi connectivity index (χ4n) is 5.27. The first kappa shape index (κ1) is 24.0. The Morgan fingerprint density at radius 3 is 2.84 bits per heavy atom. The van der Waals surface area contributed by atoms with Crippen LogP contribution in [0.1, 0.15) is 30.4 Å². The molecule has 9 heteroatoms. The van der Waals surface area contributed by atoms with Crippen molar-refractivity contribution in [1.29, 1.82) is 5.26 Å². The summed E-state index contributed by atoms with van der Waals surface area (Å²) >= 11 is 0. The Bertz CT molecular complexity index is 1600. The maximum absolute atomic E-state index is 12.9. The summed E-state index contributed by atoms with van der Waals surface area (Å²) < 4.78 is 11.9. The van der Waals surface area contributed by atoms with Crippen LogP contribution in [-0.2, 0) is 9.53 Å². The molecule has 38 heavy (non-hydrogen) atoms. The molecule has 1 amide bonds. The number of hydrogen-bond acceptors (Lipinski definition) is 7. The zero-order valence-corrected chi connectivity index (χ0v) is 20.8. The van der Waals surface area contributed by atoms with E-state index in [1.165, 1.54) is 0 Å². The van der Waals surface area contributed by atoms with Crippen LogP contribution in [0.5, 0.6) is 5.75 Å². The van der Waals surface area contributed by atoms with Gasteiger partial charge in [0.15, 0.2) is 0 Å². The number of carbonyl (C=O) groups excluding carboxylic acids is 1. The smallest absolute Gasteiger partial charge is 0.249 e. The lowest BCUT2D eigenvalue weighted by Crippen LogP contribution is -2.26. The molecule has 0 saturated carbocycles. The largest absolute Gasteiger partial charge is 0.487 e. The molecule has 1 unspecified atom stereocenters. The number of aromatic amines is 1. The number of ether oxygens (including phenoxy) is 2. The van der Waals surface area contributed by atoms with Gasteiger partial charge < -0.3 is 30.8 Å². The van der Waals surface area contributed by atoms with Crippen LogP contribution in [0.2, 0.25) is 0 Å². The molecule has 0 aliphatic carbocycles. The molecule has 5 N–H and O–H groups in total. The molecule has 0 spiro atoms. The third-order valence-electron chi connectivity index (χ3n) is 7.17. The van der Waals surface area contributed by atoms with Gasteiger partial charge in [-0.3, -0.25) is 9.78 Å². The van der Waals surface area contributed by atoms with Gasteiger partial charge in [-0.15, -0.1) is 0 Å². The topological polar surface area (TPSA) is 138 Å². The van der Waals surface area contributed by atoms with Gasteiger partial charge in [0.2, 0.25) is 5.91 Å². The Morgan fingerprint density at radius 2 is 2.08 bits per heavy atom. The number of pyridine rings is 1. The summed E-state index contributed by atoms with van der Waals surface area (Å²) in [4.78, 5) is 20.7. The number of carbonyl (C=O) groups is 1. The molecule has 4 aromatic rings. The molecule has 6 rings (SSSR count). The van der Waals surface area contributed by atoms with Crippen molar-refractivity contribution in [2.75, 3.05) is 31.6 Å². The first-order chi connectivity index (χ1) is 18.6. The van der Waals surface area contributed by atoms with E-state index in [-0.39, 0.29) is 6.10 Å². The van der Waals surface area contributed by atoms with E-state index in [0.717, 1.165) is 54.5 Å². The van der Waals surface area contributed by atoms with Gasteiger partial charge >= 0.3 is 0 Å². The lowest BCUT2D eigenvalue weighted by molar-refractivity contribution is -0.112. The number of fused-ring (bicyclic) bond motifs is 2. The number of rotatable bonds is 6. The maximum Gasteiger partial charge on any atom is 0.249 e. The number of anilines is 2. The second kappa shape index (κ2) is 10.2. The predicted molar refractivity (Wildman–Crippen MR) is 146 cm³/mol. The number of primary amides is 1. The van der Waals surface area contributed by atoms with E-state index in [0.29, 0.717) is 52.3 Å². The van der Waals surface area contributed by atoms with Gasteiger partial charge in [0.25, 0.3) is 0 Å². The van der Waals surface area contributed by atoms with Crippen LogP contribution >= 0.6 is 0 Å². The molecule has 2 fully saturated rings. The Labute approximate surface area is 219 Å². The number of hydrogen-bond donors (Lipinski definition) is 4. The number of amides is 1. The van der Waals surface area contributed by atoms with Crippen molar-refractivity contribution in [2.45, 2.75) is 25.4 Å². The summed E-state index contributed by atoms with van der Waals surface area (Å²) in [5.41, 5.74) is 11.6. The number of benzene rings is 2. The molecule has 192 valence electrons. The second-order valence-corrected chi connectivity index (χ2v) is 9.63. The fourth-order valence-corrected chi connectivity index (χ4v) is 5.27. The molecule has 2 aromatic carbocycles. The number of piperidine rings is 1. The molecule has 2 aromatic heterocycles. The molecule has 4 heterocycles. The third-order valence-corrected chi connectivity index (χ3v) is 7.17. The van der Waals surface area contributed by atoms with Gasteiger partial charge in [0.1, 0.15) is 17.9 Å². The molecule has 2 saturated heterocycles. The zero-order valence-electron chi connectivity index (χ0n) is 20.8. The van der Waals surface area contributed by atoms with Gasteiger partial charge in [-0.2, -0.15) is 5.26 Å². The molecule has 9 nitrogen and oxygen atoms in total. The summed E-state index contributed by atoms with van der Waals surface area (Å²) in [5.74, 6) is 0.0512. The van der Waals surface area contributed by atoms with Crippen molar-refractivity contribution in [1.82, 2.24) is 15.3 Å². The van der Waals surface area contributed by atoms with Crippen LogP contribution in [0, 0.1) is 11.3 Å². The minimum Gasteiger partial charge on any atom is -0.487 e. The molecule has 0 radical (unpaired) electrons. The average molecular weight is 509 g/mol. The predicted octanol–water partition coefficient (Wildman–Crippen LogP) is 4.12. The van der Waals surface area contributed by atoms with Crippen LogP contribution in [0.15, 0.2) is 54.4 Å². The maximum atomic E-state index is 12.9. The number of nitrogens with zero attached hydrogens (tertiary/aromatic N) is 2. The zero-order chi connectivity index (χ0) is 26.1. The lowest BCUT2D eigenvalue weighted by atomic mass is 9.91. The van der Waals surface area contributed by atoms with E-state index in [9.17, 15) is 10.1 Å². The lowest BCUT2D eigenvalue weighted by Gasteiger charge is -2.23. The first-order valence-electron chi connectivity index (χ1n) is 12.8. The van der Waals surface area contributed by atoms with Crippen molar-refractivity contribution in [2.24, 2.45) is 5.73 Å². The fraction of sp³-hybridized carbons (Fsp3) is 0.276. The highest BCUT2D eigenvalue weighted by Crippen LogP contribution is 2.39. The number of nitrogens with two attached hydrogens (primary N) is 1. The van der Waals surface area contributed by atoms with E-state index in [1.54, 1.807) is 6.20 Å². The van der Waals surface area contributed by atoms with E-state index in [4.69, 9.17) is 15.2 Å². The van der Waals surface area contributed by atoms with Crippen molar-refractivity contribution < 1.29 is 14.3 Å². The van der Waals surface area contributed by atoms with Crippen molar-refractivity contribution in [3.63, 3.8) is 0 Å². The SMILES string of the molecule is N#Cc1cnc2cc(OC3CCOC3)c(C(C(N)=O)=C3CCNCC3)cc2c1Nc1ccc2[nH]ccc2c1. The molecule has 0 bridgehead atoms. The average Bonchev–Trinajstić information content (AvgIpc) is 3.62. The Kier molecular flexibility index (Phi) is 6.42. The Morgan fingerprint density at radius 1 is 1.21 bits per heavy atom. The number of aromatic nitrogens is 2. The van der Waals surface area contributed by atoms with E-state index in [1.807, 2.05) is 42.6 Å². The van der Waals surface area contributed by atoms with Crippen LogP contribution in [0.3, 0.4) is 0 Å². The van der Waals surface area contributed by atoms with Gasteiger partial charge in [-0.05, 0) is 56.3 Å².